The molecule has 0 spiro atoms. The van der Waals surface area contributed by atoms with E-state index >= 15 is 0 Å². The fourth-order valence-electron chi connectivity index (χ4n) is 2.10. The van der Waals surface area contributed by atoms with Gasteiger partial charge in [0.15, 0.2) is 6.61 Å². The van der Waals surface area contributed by atoms with Gasteiger partial charge in [0.1, 0.15) is 11.8 Å². The topological polar surface area (TPSA) is 88.4 Å². The number of rotatable bonds is 8. The van der Waals surface area contributed by atoms with Crippen LogP contribution in [0.2, 0.25) is 0 Å². The molecule has 0 atom stereocenters. The van der Waals surface area contributed by atoms with Gasteiger partial charge >= 0.3 is 5.97 Å². The van der Waals surface area contributed by atoms with E-state index in [0.29, 0.717) is 29.2 Å². The smallest absolute Gasteiger partial charge is 0.338 e. The number of anilines is 1. The molecule has 1 amide bonds. The van der Waals surface area contributed by atoms with Gasteiger partial charge < -0.3 is 14.8 Å². The number of nitriles is 1. The largest absolute Gasteiger partial charge is 0.484 e. The van der Waals surface area contributed by atoms with E-state index in [4.69, 9.17) is 14.7 Å². The van der Waals surface area contributed by atoms with Crippen molar-refractivity contribution in [3.63, 3.8) is 0 Å². The molecular weight excluding hydrogens is 332 g/mol. The summed E-state index contributed by atoms with van der Waals surface area (Å²) in [6.45, 7) is 2.22. The Hall–Kier alpha value is -3.33. The summed E-state index contributed by atoms with van der Waals surface area (Å²) in [5.74, 6) is -0.301. The van der Waals surface area contributed by atoms with E-state index in [1.165, 1.54) is 0 Å². The highest BCUT2D eigenvalue weighted by Gasteiger charge is 2.09. The number of para-hydroxylation sites is 1. The molecule has 0 aliphatic carbocycles. The highest BCUT2D eigenvalue weighted by Crippen LogP contribution is 2.15. The third kappa shape index (κ3) is 5.64. The Labute approximate surface area is 152 Å². The molecule has 0 bridgehead atoms. The standard InChI is InChI=1S/C20H20N2O4/c1-2-3-12-25-20(24)15-8-10-17(11-9-15)26-14-19(23)22-18-7-5-4-6-16(18)13-21/h4-11H,2-3,12,14H2,1H3,(H,22,23). The molecule has 0 radical (unpaired) electrons. The fourth-order valence-corrected chi connectivity index (χ4v) is 2.10. The van der Waals surface area contributed by atoms with Gasteiger partial charge in [-0.25, -0.2) is 4.79 Å². The number of ether oxygens (including phenoxy) is 2. The third-order valence-corrected chi connectivity index (χ3v) is 3.51. The maximum absolute atomic E-state index is 12.0. The van der Waals surface area contributed by atoms with Crippen molar-refractivity contribution in [2.75, 3.05) is 18.5 Å². The van der Waals surface area contributed by atoms with Gasteiger partial charge in [0.25, 0.3) is 5.91 Å². The van der Waals surface area contributed by atoms with Gasteiger partial charge in [-0.15, -0.1) is 0 Å². The van der Waals surface area contributed by atoms with Crippen LogP contribution in [0.1, 0.15) is 35.7 Å². The van der Waals surface area contributed by atoms with Gasteiger partial charge in [-0.05, 0) is 42.8 Å². The second-order valence-electron chi connectivity index (χ2n) is 5.51. The number of unbranched alkanes of at least 4 members (excludes halogenated alkanes) is 1. The maximum Gasteiger partial charge on any atom is 0.338 e. The van der Waals surface area contributed by atoms with Gasteiger partial charge in [-0.1, -0.05) is 25.5 Å². The van der Waals surface area contributed by atoms with Gasteiger partial charge in [0.2, 0.25) is 0 Å². The second kappa shape index (κ2) is 9.84. The molecular formula is C20H20N2O4. The first-order valence-electron chi connectivity index (χ1n) is 8.33. The predicted octanol–water partition coefficient (Wildman–Crippen LogP) is 3.53. The zero-order chi connectivity index (χ0) is 18.8. The van der Waals surface area contributed by atoms with E-state index in [1.807, 2.05) is 13.0 Å². The molecule has 6 nitrogen and oxygen atoms in total. The highest BCUT2D eigenvalue weighted by molar-refractivity contribution is 5.93. The van der Waals surface area contributed by atoms with Crippen LogP contribution in [0.3, 0.4) is 0 Å². The minimum absolute atomic E-state index is 0.208. The average molecular weight is 352 g/mol. The number of amides is 1. The van der Waals surface area contributed by atoms with Gasteiger partial charge in [-0.3, -0.25) is 4.79 Å². The van der Waals surface area contributed by atoms with Crippen LogP contribution < -0.4 is 10.1 Å². The molecule has 0 unspecified atom stereocenters. The summed E-state index contributed by atoms with van der Waals surface area (Å²) in [7, 11) is 0. The molecule has 2 aromatic carbocycles. The number of esters is 1. The summed E-state index contributed by atoms with van der Waals surface area (Å²) in [6, 6.07) is 15.1. The van der Waals surface area contributed by atoms with Crippen molar-refractivity contribution < 1.29 is 19.1 Å². The van der Waals surface area contributed by atoms with Crippen LogP contribution in [0.15, 0.2) is 48.5 Å². The summed E-state index contributed by atoms with van der Waals surface area (Å²) < 4.78 is 10.5. The van der Waals surface area contributed by atoms with Crippen molar-refractivity contribution in [3.8, 4) is 11.8 Å². The van der Waals surface area contributed by atoms with Crippen LogP contribution in [0.4, 0.5) is 5.69 Å². The summed E-state index contributed by atoms with van der Waals surface area (Å²) in [6.07, 6.45) is 1.79. The molecule has 0 saturated carbocycles. The summed E-state index contributed by atoms with van der Waals surface area (Å²) >= 11 is 0. The van der Waals surface area contributed by atoms with Crippen molar-refractivity contribution >= 4 is 17.6 Å². The van der Waals surface area contributed by atoms with Gasteiger partial charge in [-0.2, -0.15) is 5.26 Å². The number of hydrogen-bond donors (Lipinski definition) is 1. The van der Waals surface area contributed by atoms with Crippen molar-refractivity contribution in [1.29, 1.82) is 5.26 Å². The Morgan fingerprint density at radius 3 is 2.54 bits per heavy atom. The molecule has 2 aromatic rings. The molecule has 1 N–H and O–H groups in total. The first-order chi connectivity index (χ1) is 12.6. The van der Waals surface area contributed by atoms with Crippen LogP contribution >= 0.6 is 0 Å². The van der Waals surface area contributed by atoms with Crippen molar-refractivity contribution in [2.45, 2.75) is 19.8 Å². The van der Waals surface area contributed by atoms with E-state index < -0.39 is 0 Å². The Kier molecular flexibility index (Phi) is 7.19. The molecule has 2 rings (SSSR count). The zero-order valence-electron chi connectivity index (χ0n) is 14.5. The zero-order valence-corrected chi connectivity index (χ0v) is 14.5. The van der Waals surface area contributed by atoms with Crippen molar-refractivity contribution in [2.24, 2.45) is 0 Å². The molecule has 134 valence electrons. The monoisotopic (exact) mass is 352 g/mol. The number of benzene rings is 2. The number of nitrogens with one attached hydrogen (secondary N) is 1. The molecule has 0 heterocycles. The molecule has 0 aromatic heterocycles. The summed E-state index contributed by atoms with van der Waals surface area (Å²) in [5.41, 5.74) is 1.25. The minimum Gasteiger partial charge on any atom is -0.484 e. The Balaban J connectivity index is 1.84. The number of carbonyl (C=O) groups is 2. The molecule has 6 heteroatoms. The Morgan fingerprint density at radius 1 is 1.12 bits per heavy atom. The van der Waals surface area contributed by atoms with Crippen LogP contribution in [-0.4, -0.2) is 25.1 Å². The quantitative estimate of drug-likeness (QED) is 0.580. The fraction of sp³-hybridized carbons (Fsp3) is 0.250. The van der Waals surface area contributed by atoms with Gasteiger partial charge in [0, 0.05) is 0 Å². The van der Waals surface area contributed by atoms with Crippen LogP contribution in [-0.2, 0) is 9.53 Å². The molecule has 0 fully saturated rings. The maximum atomic E-state index is 12.0. The lowest BCUT2D eigenvalue weighted by Gasteiger charge is -2.09. The van der Waals surface area contributed by atoms with E-state index in [1.54, 1.807) is 48.5 Å². The lowest BCUT2D eigenvalue weighted by atomic mass is 10.2. The molecule has 0 aliphatic heterocycles. The van der Waals surface area contributed by atoms with E-state index in [9.17, 15) is 9.59 Å². The first-order valence-corrected chi connectivity index (χ1v) is 8.33. The van der Waals surface area contributed by atoms with Crippen molar-refractivity contribution in [1.82, 2.24) is 0 Å². The number of nitrogens with zero attached hydrogens (tertiary/aromatic N) is 1. The molecule has 0 saturated heterocycles. The number of carbonyl (C=O) groups excluding carboxylic acids is 2. The minimum atomic E-state index is -0.379. The highest BCUT2D eigenvalue weighted by atomic mass is 16.5. The second-order valence-corrected chi connectivity index (χ2v) is 5.51. The Morgan fingerprint density at radius 2 is 1.85 bits per heavy atom. The average Bonchev–Trinajstić information content (AvgIpc) is 2.67. The van der Waals surface area contributed by atoms with Gasteiger partial charge in [0.05, 0.1) is 23.4 Å². The van der Waals surface area contributed by atoms with Crippen molar-refractivity contribution in [3.05, 3.63) is 59.7 Å². The molecule has 26 heavy (non-hydrogen) atoms. The van der Waals surface area contributed by atoms with Crippen LogP contribution in [0.25, 0.3) is 0 Å². The Bertz CT molecular complexity index is 794. The van der Waals surface area contributed by atoms with Crippen LogP contribution in [0, 0.1) is 11.3 Å². The summed E-state index contributed by atoms with van der Waals surface area (Å²) in [5, 5.41) is 11.6. The first kappa shape index (κ1) is 19.0. The lowest BCUT2D eigenvalue weighted by molar-refractivity contribution is -0.118. The van der Waals surface area contributed by atoms with E-state index in [-0.39, 0.29) is 18.5 Å². The summed E-state index contributed by atoms with van der Waals surface area (Å²) in [4.78, 5) is 23.8. The lowest BCUT2D eigenvalue weighted by Crippen LogP contribution is -2.20. The normalized spacial score (nSPS) is 9.85. The van der Waals surface area contributed by atoms with E-state index in [2.05, 4.69) is 5.32 Å². The SMILES string of the molecule is CCCCOC(=O)c1ccc(OCC(=O)Nc2ccccc2C#N)cc1. The molecule has 0 aliphatic rings. The predicted molar refractivity (Wildman–Crippen MR) is 96.9 cm³/mol. The third-order valence-electron chi connectivity index (χ3n) is 3.51. The number of hydrogen-bond acceptors (Lipinski definition) is 5. The van der Waals surface area contributed by atoms with E-state index in [0.717, 1.165) is 12.8 Å². The van der Waals surface area contributed by atoms with Crippen LogP contribution in [0.5, 0.6) is 5.75 Å².